The quantitative estimate of drug-likeness (QED) is 0.392. The average molecular weight is 377 g/mol. The number of carbonyl (C=O) groups excluding carboxylic acids is 4. The second-order valence-electron chi connectivity index (χ2n) is 6.28. The number of para-hydroxylation sites is 1. The largest absolute Gasteiger partial charge is 0.427 e. The molecule has 0 saturated carbocycles. The van der Waals surface area contributed by atoms with Crippen LogP contribution in [0.3, 0.4) is 0 Å². The fraction of sp³-hybridized carbons (Fsp3) is 0.474. The number of hydrogen-bond acceptors (Lipinski definition) is 5. The van der Waals surface area contributed by atoms with E-state index in [2.05, 4.69) is 10.6 Å². The molecule has 0 heterocycles. The van der Waals surface area contributed by atoms with Crippen molar-refractivity contribution >= 4 is 23.7 Å². The van der Waals surface area contributed by atoms with Crippen LogP contribution in [-0.2, 0) is 19.2 Å². The molecule has 0 aliphatic carbocycles. The van der Waals surface area contributed by atoms with Crippen LogP contribution in [0.1, 0.15) is 46.0 Å². The molecule has 0 saturated heterocycles. The fourth-order valence-corrected chi connectivity index (χ4v) is 2.33. The first-order chi connectivity index (χ1) is 12.8. The number of nitrogens with one attached hydrogen (secondary N) is 2. The van der Waals surface area contributed by atoms with E-state index in [1.165, 1.54) is 0 Å². The van der Waals surface area contributed by atoms with E-state index in [9.17, 15) is 19.2 Å². The van der Waals surface area contributed by atoms with E-state index >= 15 is 0 Å². The Morgan fingerprint density at radius 1 is 1.07 bits per heavy atom. The van der Waals surface area contributed by atoms with Crippen LogP contribution in [0, 0.1) is 0 Å². The first-order valence-electron chi connectivity index (χ1n) is 8.95. The van der Waals surface area contributed by atoms with Crippen LogP contribution in [0.4, 0.5) is 0 Å². The topological polar surface area (TPSA) is 128 Å². The van der Waals surface area contributed by atoms with Crippen LogP contribution in [-0.4, -0.2) is 35.8 Å². The summed E-state index contributed by atoms with van der Waals surface area (Å²) in [4.78, 5) is 47.0. The van der Waals surface area contributed by atoms with Crippen molar-refractivity contribution in [1.29, 1.82) is 0 Å². The summed E-state index contributed by atoms with van der Waals surface area (Å²) in [6, 6.07) is 7.32. The number of hydrogen-bond donors (Lipinski definition) is 3. The summed E-state index contributed by atoms with van der Waals surface area (Å²) >= 11 is 0. The summed E-state index contributed by atoms with van der Waals surface area (Å²) < 4.78 is 5.18. The van der Waals surface area contributed by atoms with E-state index < -0.39 is 23.8 Å². The lowest BCUT2D eigenvalue weighted by atomic mass is 10.1. The molecule has 1 rings (SSSR count). The van der Waals surface area contributed by atoms with Crippen LogP contribution >= 0.6 is 0 Å². The number of carbonyl (C=O) groups is 4. The van der Waals surface area contributed by atoms with Gasteiger partial charge in [-0.3, -0.25) is 19.2 Å². The van der Waals surface area contributed by atoms with E-state index in [0.29, 0.717) is 18.6 Å². The van der Waals surface area contributed by atoms with Crippen molar-refractivity contribution in [3.63, 3.8) is 0 Å². The smallest absolute Gasteiger partial charge is 0.311 e. The Morgan fingerprint density at radius 3 is 2.33 bits per heavy atom. The summed E-state index contributed by atoms with van der Waals surface area (Å²) in [5.41, 5.74) is 5.15. The molecule has 2 unspecified atom stereocenters. The van der Waals surface area contributed by atoms with Gasteiger partial charge in [0.05, 0.1) is 6.42 Å². The van der Waals surface area contributed by atoms with Gasteiger partial charge in [0.25, 0.3) is 0 Å². The third kappa shape index (κ3) is 9.39. The highest BCUT2D eigenvalue weighted by Gasteiger charge is 2.24. The van der Waals surface area contributed by atoms with Crippen molar-refractivity contribution in [3.05, 3.63) is 30.3 Å². The predicted octanol–water partition coefficient (Wildman–Crippen LogP) is 1.04. The number of esters is 1. The number of primary amides is 1. The Labute approximate surface area is 158 Å². The van der Waals surface area contributed by atoms with Gasteiger partial charge in [0.1, 0.15) is 11.8 Å². The van der Waals surface area contributed by atoms with Crippen molar-refractivity contribution in [1.82, 2.24) is 10.6 Å². The minimum absolute atomic E-state index is 0.110. The Morgan fingerprint density at radius 2 is 1.74 bits per heavy atom. The molecule has 0 spiro atoms. The molecule has 0 bridgehead atoms. The normalized spacial score (nSPS) is 12.5. The lowest BCUT2D eigenvalue weighted by molar-refractivity contribution is -0.135. The van der Waals surface area contributed by atoms with E-state index in [1.807, 2.05) is 13.0 Å². The number of benzene rings is 1. The lowest BCUT2D eigenvalue weighted by Crippen LogP contribution is -2.50. The zero-order valence-electron chi connectivity index (χ0n) is 15.7. The molecule has 1 aromatic carbocycles. The number of ether oxygens (including phenoxy) is 1. The molecule has 0 radical (unpaired) electrons. The summed E-state index contributed by atoms with van der Waals surface area (Å²) in [6.07, 6.45) is 1.05. The predicted molar refractivity (Wildman–Crippen MR) is 99.6 cm³/mol. The van der Waals surface area contributed by atoms with Gasteiger partial charge in [-0.2, -0.15) is 0 Å². The van der Waals surface area contributed by atoms with E-state index in [-0.39, 0.29) is 31.2 Å². The Kier molecular flexibility index (Phi) is 9.57. The number of amides is 3. The molecular formula is C19H27N3O5. The summed E-state index contributed by atoms with van der Waals surface area (Å²) in [5.74, 6) is -1.47. The van der Waals surface area contributed by atoms with Gasteiger partial charge in [0.15, 0.2) is 0 Å². The highest BCUT2D eigenvalue weighted by atomic mass is 16.5. The molecule has 8 nitrogen and oxygen atoms in total. The highest BCUT2D eigenvalue weighted by Crippen LogP contribution is 2.10. The van der Waals surface area contributed by atoms with Crippen LogP contribution < -0.4 is 21.1 Å². The highest BCUT2D eigenvalue weighted by molar-refractivity contribution is 5.91. The molecule has 0 fully saturated rings. The van der Waals surface area contributed by atoms with E-state index in [4.69, 9.17) is 10.5 Å². The standard InChI is InChI=1S/C19H27N3O5/c1-3-7-17(24)22-15(12-16(20)23)19(26)21-13(2)10-11-18(25)27-14-8-5-4-6-9-14/h4-6,8-9,13,15H,3,7,10-12H2,1-2H3,(H2,20,23)(H,21,26)(H,22,24). The van der Waals surface area contributed by atoms with Gasteiger partial charge < -0.3 is 21.1 Å². The average Bonchev–Trinajstić information content (AvgIpc) is 2.60. The molecule has 0 aromatic heterocycles. The Balaban J connectivity index is 2.47. The van der Waals surface area contributed by atoms with Crippen molar-refractivity contribution < 1.29 is 23.9 Å². The molecule has 27 heavy (non-hydrogen) atoms. The van der Waals surface area contributed by atoms with Crippen molar-refractivity contribution in [3.8, 4) is 5.75 Å². The van der Waals surface area contributed by atoms with Gasteiger partial charge in [-0.05, 0) is 31.9 Å². The van der Waals surface area contributed by atoms with Gasteiger partial charge in [-0.25, -0.2) is 0 Å². The molecule has 4 N–H and O–H groups in total. The lowest BCUT2D eigenvalue weighted by Gasteiger charge is -2.20. The maximum atomic E-state index is 12.3. The molecule has 0 aliphatic heterocycles. The minimum atomic E-state index is -1.03. The summed E-state index contributed by atoms with van der Waals surface area (Å²) in [5, 5.41) is 5.19. The zero-order valence-corrected chi connectivity index (χ0v) is 15.7. The second kappa shape index (κ2) is 11.7. The molecule has 0 aliphatic rings. The first-order valence-corrected chi connectivity index (χ1v) is 8.95. The second-order valence-corrected chi connectivity index (χ2v) is 6.28. The summed E-state index contributed by atoms with van der Waals surface area (Å²) in [6.45, 7) is 3.56. The Bertz CT molecular complexity index is 648. The van der Waals surface area contributed by atoms with Crippen LogP contribution in [0.5, 0.6) is 5.75 Å². The van der Waals surface area contributed by atoms with Crippen LogP contribution in [0.15, 0.2) is 30.3 Å². The van der Waals surface area contributed by atoms with Crippen molar-refractivity contribution in [2.45, 2.75) is 58.0 Å². The zero-order chi connectivity index (χ0) is 20.2. The van der Waals surface area contributed by atoms with E-state index in [1.54, 1.807) is 31.2 Å². The maximum absolute atomic E-state index is 12.3. The molecule has 1 aromatic rings. The molecular weight excluding hydrogens is 350 g/mol. The molecule has 148 valence electrons. The molecule has 2 atom stereocenters. The third-order valence-corrected chi connectivity index (χ3v) is 3.68. The minimum Gasteiger partial charge on any atom is -0.427 e. The van der Waals surface area contributed by atoms with Gasteiger partial charge in [0, 0.05) is 18.9 Å². The fourth-order valence-electron chi connectivity index (χ4n) is 2.33. The van der Waals surface area contributed by atoms with E-state index in [0.717, 1.165) is 0 Å². The number of rotatable bonds is 11. The van der Waals surface area contributed by atoms with Gasteiger partial charge >= 0.3 is 5.97 Å². The van der Waals surface area contributed by atoms with Crippen molar-refractivity contribution in [2.75, 3.05) is 0 Å². The monoisotopic (exact) mass is 377 g/mol. The van der Waals surface area contributed by atoms with Gasteiger partial charge in [-0.15, -0.1) is 0 Å². The van der Waals surface area contributed by atoms with Gasteiger partial charge in [0.2, 0.25) is 17.7 Å². The SMILES string of the molecule is CCCC(=O)NC(CC(N)=O)C(=O)NC(C)CCC(=O)Oc1ccccc1. The summed E-state index contributed by atoms with van der Waals surface area (Å²) in [7, 11) is 0. The van der Waals surface area contributed by atoms with Crippen molar-refractivity contribution in [2.24, 2.45) is 5.73 Å². The Hall–Kier alpha value is -2.90. The number of nitrogens with two attached hydrogens (primary N) is 1. The van der Waals surface area contributed by atoms with Crippen LogP contribution in [0.2, 0.25) is 0 Å². The molecule has 8 heteroatoms. The van der Waals surface area contributed by atoms with Gasteiger partial charge in [-0.1, -0.05) is 25.1 Å². The van der Waals surface area contributed by atoms with Crippen LogP contribution in [0.25, 0.3) is 0 Å². The molecule has 3 amide bonds. The maximum Gasteiger partial charge on any atom is 0.311 e. The third-order valence-electron chi connectivity index (χ3n) is 3.68. The first kappa shape index (κ1) is 22.1.